The SMILES string of the molecule is CCCOC(=O)C(=O)Nc1ccc(Cl)cc1. The molecule has 0 aliphatic rings. The summed E-state index contributed by atoms with van der Waals surface area (Å²) >= 11 is 5.67. The summed E-state index contributed by atoms with van der Waals surface area (Å²) in [6.45, 7) is 2.09. The van der Waals surface area contributed by atoms with E-state index in [0.29, 0.717) is 17.1 Å². The Morgan fingerprint density at radius 2 is 1.94 bits per heavy atom. The number of hydrogen-bond acceptors (Lipinski definition) is 3. The van der Waals surface area contributed by atoms with Gasteiger partial charge in [0.2, 0.25) is 0 Å². The highest BCUT2D eigenvalue weighted by molar-refractivity contribution is 6.37. The molecule has 1 aromatic carbocycles. The molecule has 1 amide bonds. The number of benzene rings is 1. The van der Waals surface area contributed by atoms with Crippen molar-refractivity contribution in [2.45, 2.75) is 13.3 Å². The number of carbonyl (C=O) groups excluding carboxylic acids is 2. The minimum Gasteiger partial charge on any atom is -0.459 e. The minimum absolute atomic E-state index is 0.243. The van der Waals surface area contributed by atoms with Gasteiger partial charge in [0.15, 0.2) is 0 Å². The predicted molar refractivity (Wildman–Crippen MR) is 61.3 cm³/mol. The summed E-state index contributed by atoms with van der Waals surface area (Å²) in [5.74, 6) is -1.66. The number of nitrogens with one attached hydrogen (secondary N) is 1. The van der Waals surface area contributed by atoms with E-state index in [1.165, 1.54) is 0 Å². The molecular formula is C11H12ClNO3. The van der Waals surface area contributed by atoms with Crippen molar-refractivity contribution in [1.82, 2.24) is 0 Å². The third-order valence-electron chi connectivity index (χ3n) is 1.72. The smallest absolute Gasteiger partial charge is 0.397 e. The first kappa shape index (κ1) is 12.5. The Morgan fingerprint density at radius 1 is 1.31 bits per heavy atom. The molecule has 0 aromatic heterocycles. The van der Waals surface area contributed by atoms with E-state index >= 15 is 0 Å². The van der Waals surface area contributed by atoms with Crippen molar-refractivity contribution >= 4 is 29.2 Å². The fourth-order valence-corrected chi connectivity index (χ4v) is 1.10. The van der Waals surface area contributed by atoms with Crippen LogP contribution in [0.25, 0.3) is 0 Å². The van der Waals surface area contributed by atoms with Crippen LogP contribution >= 0.6 is 11.6 Å². The molecule has 86 valence electrons. The largest absolute Gasteiger partial charge is 0.459 e. The Labute approximate surface area is 98.5 Å². The van der Waals surface area contributed by atoms with E-state index in [9.17, 15) is 9.59 Å². The number of esters is 1. The van der Waals surface area contributed by atoms with Crippen LogP contribution in [0.1, 0.15) is 13.3 Å². The van der Waals surface area contributed by atoms with Crippen molar-refractivity contribution in [2.75, 3.05) is 11.9 Å². The number of ether oxygens (including phenoxy) is 1. The fraction of sp³-hybridized carbons (Fsp3) is 0.273. The summed E-state index contributed by atoms with van der Waals surface area (Å²) in [5, 5.41) is 2.97. The van der Waals surface area contributed by atoms with E-state index in [4.69, 9.17) is 11.6 Å². The number of carbonyl (C=O) groups is 2. The van der Waals surface area contributed by atoms with E-state index in [0.717, 1.165) is 0 Å². The van der Waals surface area contributed by atoms with Crippen LogP contribution < -0.4 is 5.32 Å². The summed E-state index contributed by atoms with van der Waals surface area (Å²) in [4.78, 5) is 22.4. The van der Waals surface area contributed by atoms with Crippen molar-refractivity contribution in [3.8, 4) is 0 Å². The number of halogens is 1. The molecule has 0 fully saturated rings. The maximum Gasteiger partial charge on any atom is 0.397 e. The Bertz CT molecular complexity index is 375. The highest BCUT2D eigenvalue weighted by Gasteiger charge is 2.14. The number of rotatable bonds is 3. The van der Waals surface area contributed by atoms with Crippen LogP contribution in [-0.2, 0) is 14.3 Å². The Hall–Kier alpha value is -1.55. The maximum absolute atomic E-state index is 11.3. The molecule has 0 heterocycles. The first-order chi connectivity index (χ1) is 7.63. The molecule has 0 atom stereocenters. The maximum atomic E-state index is 11.3. The summed E-state index contributed by atoms with van der Waals surface area (Å²) in [7, 11) is 0. The van der Waals surface area contributed by atoms with Crippen LogP contribution in [0.4, 0.5) is 5.69 Å². The Balaban J connectivity index is 2.51. The molecule has 0 saturated carbocycles. The Morgan fingerprint density at radius 3 is 2.50 bits per heavy atom. The van der Waals surface area contributed by atoms with Crippen LogP contribution in [-0.4, -0.2) is 18.5 Å². The van der Waals surface area contributed by atoms with Gasteiger partial charge in [0.1, 0.15) is 0 Å². The number of hydrogen-bond donors (Lipinski definition) is 1. The second-order valence-corrected chi connectivity index (χ2v) is 3.53. The van der Waals surface area contributed by atoms with Gasteiger partial charge in [-0.15, -0.1) is 0 Å². The minimum atomic E-state index is -0.878. The molecule has 0 unspecified atom stereocenters. The molecule has 0 radical (unpaired) electrons. The summed E-state index contributed by atoms with van der Waals surface area (Å²) in [6.07, 6.45) is 0.681. The van der Waals surface area contributed by atoms with E-state index in [1.54, 1.807) is 24.3 Å². The van der Waals surface area contributed by atoms with E-state index in [-0.39, 0.29) is 6.61 Å². The number of anilines is 1. The molecular weight excluding hydrogens is 230 g/mol. The third kappa shape index (κ3) is 3.90. The van der Waals surface area contributed by atoms with E-state index < -0.39 is 11.9 Å². The lowest BCUT2D eigenvalue weighted by Crippen LogP contribution is -2.25. The fourth-order valence-electron chi connectivity index (χ4n) is 0.976. The summed E-state index contributed by atoms with van der Waals surface area (Å²) in [6, 6.07) is 6.45. The lowest BCUT2D eigenvalue weighted by atomic mass is 10.3. The van der Waals surface area contributed by atoms with Crippen LogP contribution in [0.5, 0.6) is 0 Å². The molecule has 1 rings (SSSR count). The van der Waals surface area contributed by atoms with Crippen LogP contribution in [0.2, 0.25) is 5.02 Å². The summed E-state index contributed by atoms with van der Waals surface area (Å²) < 4.78 is 4.67. The molecule has 0 aliphatic carbocycles. The molecule has 0 aliphatic heterocycles. The Kier molecular flexibility index (Phi) is 4.79. The lowest BCUT2D eigenvalue weighted by Gasteiger charge is -2.04. The van der Waals surface area contributed by atoms with Gasteiger partial charge in [-0.25, -0.2) is 4.79 Å². The van der Waals surface area contributed by atoms with Crippen molar-refractivity contribution < 1.29 is 14.3 Å². The van der Waals surface area contributed by atoms with Gasteiger partial charge in [0, 0.05) is 10.7 Å². The quantitative estimate of drug-likeness (QED) is 0.652. The van der Waals surface area contributed by atoms with E-state index in [2.05, 4.69) is 10.1 Å². The standard InChI is InChI=1S/C11H12ClNO3/c1-2-7-16-11(15)10(14)13-9-5-3-8(12)4-6-9/h3-6H,2,7H2,1H3,(H,13,14). The lowest BCUT2D eigenvalue weighted by molar-refractivity contribution is -0.152. The van der Waals surface area contributed by atoms with Gasteiger partial charge < -0.3 is 10.1 Å². The van der Waals surface area contributed by atoms with Gasteiger partial charge in [-0.3, -0.25) is 4.79 Å². The van der Waals surface area contributed by atoms with Crippen molar-refractivity contribution in [1.29, 1.82) is 0 Å². The second-order valence-electron chi connectivity index (χ2n) is 3.10. The zero-order valence-corrected chi connectivity index (χ0v) is 9.58. The molecule has 0 saturated heterocycles. The topological polar surface area (TPSA) is 55.4 Å². The monoisotopic (exact) mass is 241 g/mol. The second kappa shape index (κ2) is 6.12. The van der Waals surface area contributed by atoms with Crippen molar-refractivity contribution in [2.24, 2.45) is 0 Å². The first-order valence-electron chi connectivity index (χ1n) is 4.87. The molecule has 0 bridgehead atoms. The zero-order chi connectivity index (χ0) is 12.0. The number of amides is 1. The molecule has 4 nitrogen and oxygen atoms in total. The molecule has 1 aromatic rings. The van der Waals surface area contributed by atoms with Gasteiger partial charge in [-0.2, -0.15) is 0 Å². The molecule has 5 heteroatoms. The van der Waals surface area contributed by atoms with Gasteiger partial charge in [-0.05, 0) is 30.7 Å². The van der Waals surface area contributed by atoms with E-state index in [1.807, 2.05) is 6.92 Å². The first-order valence-corrected chi connectivity index (χ1v) is 5.25. The van der Waals surface area contributed by atoms with Gasteiger partial charge >= 0.3 is 11.9 Å². The third-order valence-corrected chi connectivity index (χ3v) is 1.98. The molecule has 1 N–H and O–H groups in total. The zero-order valence-electron chi connectivity index (χ0n) is 8.83. The average Bonchev–Trinajstić information content (AvgIpc) is 2.29. The molecule has 16 heavy (non-hydrogen) atoms. The van der Waals surface area contributed by atoms with Crippen molar-refractivity contribution in [3.63, 3.8) is 0 Å². The normalized spacial score (nSPS) is 9.62. The van der Waals surface area contributed by atoms with Crippen LogP contribution in [0.15, 0.2) is 24.3 Å². The van der Waals surface area contributed by atoms with Crippen LogP contribution in [0.3, 0.4) is 0 Å². The van der Waals surface area contributed by atoms with Gasteiger partial charge in [-0.1, -0.05) is 18.5 Å². The van der Waals surface area contributed by atoms with Gasteiger partial charge in [0.25, 0.3) is 0 Å². The van der Waals surface area contributed by atoms with Crippen molar-refractivity contribution in [3.05, 3.63) is 29.3 Å². The summed E-state index contributed by atoms with van der Waals surface area (Å²) in [5.41, 5.74) is 0.503. The van der Waals surface area contributed by atoms with Crippen LogP contribution in [0, 0.1) is 0 Å². The van der Waals surface area contributed by atoms with Gasteiger partial charge in [0.05, 0.1) is 6.61 Å². The highest BCUT2D eigenvalue weighted by Crippen LogP contribution is 2.13. The predicted octanol–water partition coefficient (Wildman–Crippen LogP) is 2.23. The molecule has 0 spiro atoms. The highest BCUT2D eigenvalue weighted by atomic mass is 35.5. The average molecular weight is 242 g/mol.